The van der Waals surface area contributed by atoms with Crippen molar-refractivity contribution in [1.82, 2.24) is 30.6 Å². The SMILES string of the molecule is C[C@@H]1C[C@@H](O)c2ncnc(N3C[C@]4(CN[C@H]([C@@H](O)c5ccc(Cl)cc5)C4)c4ccccc43)c21.C[C@@H]1C[C@@H](O)c2ncnc(N3C[C@]4(CN[C@H]([C@H](O)c5ccc(Cl)cc5)C4)c4ccccc43)c21. The first-order valence-electron chi connectivity index (χ1n) is 23.1. The summed E-state index contributed by atoms with van der Waals surface area (Å²) in [5, 5.41) is 51.7. The van der Waals surface area contributed by atoms with Crippen molar-refractivity contribution in [2.24, 2.45) is 0 Å². The molecule has 0 unspecified atom stereocenters. The van der Waals surface area contributed by atoms with Gasteiger partial charge in [-0.2, -0.15) is 0 Å². The fourth-order valence-electron chi connectivity index (χ4n) is 12.1. The van der Waals surface area contributed by atoms with E-state index < -0.39 is 24.4 Å². The van der Waals surface area contributed by atoms with Gasteiger partial charge in [0, 0.05) is 81.6 Å². The molecule has 14 heteroatoms. The number of hydrogen-bond donors (Lipinski definition) is 6. The van der Waals surface area contributed by atoms with E-state index in [-0.39, 0.29) is 34.7 Å². The molecule has 2 spiro atoms. The van der Waals surface area contributed by atoms with E-state index in [0.717, 1.165) is 95.7 Å². The number of aliphatic hydroxyl groups excluding tert-OH is 4. The predicted octanol–water partition coefficient (Wildman–Crippen LogP) is 8.31. The van der Waals surface area contributed by atoms with E-state index in [4.69, 9.17) is 33.2 Å². The van der Waals surface area contributed by atoms with E-state index >= 15 is 0 Å². The van der Waals surface area contributed by atoms with Crippen molar-refractivity contribution in [3.05, 3.63) is 165 Å². The van der Waals surface area contributed by atoms with E-state index in [1.165, 1.54) is 11.1 Å². The average molecular weight is 926 g/mol. The Kier molecular flexibility index (Phi) is 11.2. The molecule has 66 heavy (non-hydrogen) atoms. The first-order chi connectivity index (χ1) is 31.9. The smallest absolute Gasteiger partial charge is 0.140 e. The summed E-state index contributed by atoms with van der Waals surface area (Å²) in [6.07, 6.45) is 3.85. The molecular weight excluding hydrogens is 872 g/mol. The molecule has 6 heterocycles. The van der Waals surface area contributed by atoms with Gasteiger partial charge in [-0.05, 0) is 96.2 Å². The van der Waals surface area contributed by atoms with E-state index in [0.29, 0.717) is 22.9 Å². The van der Waals surface area contributed by atoms with Crippen LogP contribution in [0.15, 0.2) is 110 Å². The van der Waals surface area contributed by atoms with Gasteiger partial charge in [0.15, 0.2) is 0 Å². The van der Waals surface area contributed by atoms with Crippen molar-refractivity contribution in [3.63, 3.8) is 0 Å². The van der Waals surface area contributed by atoms with Crippen LogP contribution in [0.2, 0.25) is 10.0 Å². The Morgan fingerprint density at radius 3 is 1.38 bits per heavy atom. The van der Waals surface area contributed by atoms with Gasteiger partial charge < -0.3 is 40.9 Å². The molecule has 2 fully saturated rings. The highest BCUT2D eigenvalue weighted by Crippen LogP contribution is 2.54. The zero-order chi connectivity index (χ0) is 45.5. The van der Waals surface area contributed by atoms with Crippen molar-refractivity contribution >= 4 is 46.2 Å². The lowest BCUT2D eigenvalue weighted by Gasteiger charge is -2.27. The Hall–Kier alpha value is -5.02. The maximum atomic E-state index is 11.1. The fraction of sp³-hybridized carbons (Fsp3) is 0.385. The number of para-hydroxylation sites is 2. The van der Waals surface area contributed by atoms with Crippen LogP contribution in [-0.2, 0) is 10.8 Å². The topological polar surface area (TPSA) is 163 Å². The Labute approximate surface area is 394 Å². The zero-order valence-corrected chi connectivity index (χ0v) is 38.4. The second-order valence-corrected chi connectivity index (χ2v) is 20.3. The van der Waals surface area contributed by atoms with Crippen LogP contribution in [0, 0.1) is 0 Å². The first-order valence-corrected chi connectivity index (χ1v) is 23.8. The predicted molar refractivity (Wildman–Crippen MR) is 256 cm³/mol. The summed E-state index contributed by atoms with van der Waals surface area (Å²) in [5.74, 6) is 2.21. The molecule has 0 radical (unpaired) electrons. The van der Waals surface area contributed by atoms with Crippen LogP contribution in [-0.4, -0.2) is 78.6 Å². The molecule has 4 aliphatic heterocycles. The maximum absolute atomic E-state index is 11.1. The summed E-state index contributed by atoms with van der Waals surface area (Å²) >= 11 is 12.1. The molecule has 2 aromatic heterocycles. The summed E-state index contributed by atoms with van der Waals surface area (Å²) in [5.41, 5.74) is 9.95. The first kappa shape index (κ1) is 43.5. The van der Waals surface area contributed by atoms with Gasteiger partial charge in [0.05, 0.1) is 35.8 Å². The number of nitrogens with one attached hydrogen (secondary N) is 2. The zero-order valence-electron chi connectivity index (χ0n) is 36.9. The van der Waals surface area contributed by atoms with Gasteiger partial charge >= 0.3 is 0 Å². The van der Waals surface area contributed by atoms with E-state index in [1.54, 1.807) is 12.7 Å². The largest absolute Gasteiger partial charge is 0.387 e. The van der Waals surface area contributed by atoms with Crippen LogP contribution in [0.5, 0.6) is 0 Å². The summed E-state index contributed by atoms with van der Waals surface area (Å²) < 4.78 is 0. The molecule has 340 valence electrons. The van der Waals surface area contributed by atoms with Crippen LogP contribution in [0.4, 0.5) is 23.0 Å². The average Bonchev–Trinajstić information content (AvgIpc) is 4.20. The second-order valence-electron chi connectivity index (χ2n) is 19.4. The number of benzene rings is 4. The summed E-state index contributed by atoms with van der Waals surface area (Å²) in [6.45, 7) is 7.37. The highest BCUT2D eigenvalue weighted by molar-refractivity contribution is 6.30. The second kappa shape index (κ2) is 16.9. The van der Waals surface area contributed by atoms with Crippen LogP contribution in [0.25, 0.3) is 0 Å². The lowest BCUT2D eigenvalue weighted by Crippen LogP contribution is -2.34. The molecule has 0 bridgehead atoms. The number of hydrogen-bond acceptors (Lipinski definition) is 12. The molecule has 10 atom stereocenters. The van der Waals surface area contributed by atoms with Crippen molar-refractivity contribution in [1.29, 1.82) is 0 Å². The fourth-order valence-corrected chi connectivity index (χ4v) is 12.4. The third kappa shape index (κ3) is 7.28. The highest BCUT2D eigenvalue weighted by atomic mass is 35.5. The van der Waals surface area contributed by atoms with Gasteiger partial charge in [-0.15, -0.1) is 0 Å². The highest BCUT2D eigenvalue weighted by Gasteiger charge is 2.52. The van der Waals surface area contributed by atoms with Crippen LogP contribution >= 0.6 is 23.2 Å². The molecule has 4 aromatic carbocycles. The third-order valence-corrected chi connectivity index (χ3v) is 15.8. The van der Waals surface area contributed by atoms with Gasteiger partial charge in [-0.25, -0.2) is 19.9 Å². The van der Waals surface area contributed by atoms with Crippen LogP contribution in [0.1, 0.15) is 121 Å². The minimum absolute atomic E-state index is 0.0592. The molecule has 0 amide bonds. The number of nitrogens with zero attached hydrogens (tertiary/aromatic N) is 6. The number of anilines is 4. The Morgan fingerprint density at radius 1 is 0.576 bits per heavy atom. The molecule has 6 N–H and O–H groups in total. The number of aromatic nitrogens is 4. The molecule has 12 rings (SSSR count). The summed E-state index contributed by atoms with van der Waals surface area (Å²) in [4.78, 5) is 22.8. The summed E-state index contributed by atoms with van der Waals surface area (Å²) in [7, 11) is 0. The maximum Gasteiger partial charge on any atom is 0.140 e. The number of halogens is 2. The van der Waals surface area contributed by atoms with Gasteiger partial charge in [0.25, 0.3) is 0 Å². The van der Waals surface area contributed by atoms with Crippen LogP contribution in [0.3, 0.4) is 0 Å². The summed E-state index contributed by atoms with van der Waals surface area (Å²) in [6, 6.07) is 31.8. The van der Waals surface area contributed by atoms with Crippen molar-refractivity contribution < 1.29 is 20.4 Å². The van der Waals surface area contributed by atoms with E-state index in [2.05, 4.69) is 92.8 Å². The Bertz CT molecular complexity index is 2590. The number of fused-ring (bicyclic) bond motifs is 6. The molecule has 12 nitrogen and oxygen atoms in total. The monoisotopic (exact) mass is 924 g/mol. The molecule has 2 saturated heterocycles. The van der Waals surface area contributed by atoms with Crippen molar-refractivity contribution in [3.8, 4) is 0 Å². The Balaban J connectivity index is 0.000000146. The van der Waals surface area contributed by atoms with Crippen molar-refractivity contribution in [2.45, 2.75) is 98.7 Å². The minimum atomic E-state index is -0.610. The quantitative estimate of drug-likeness (QED) is 0.0949. The third-order valence-electron chi connectivity index (χ3n) is 15.3. The molecule has 6 aliphatic rings. The van der Waals surface area contributed by atoms with Crippen molar-refractivity contribution in [2.75, 3.05) is 36.0 Å². The van der Waals surface area contributed by atoms with E-state index in [9.17, 15) is 20.4 Å². The van der Waals surface area contributed by atoms with Gasteiger partial charge in [-0.1, -0.05) is 97.7 Å². The number of aliphatic hydroxyl groups is 4. The van der Waals surface area contributed by atoms with Gasteiger partial charge in [0.1, 0.15) is 24.3 Å². The standard InChI is InChI=1S/2C26H27ClN4O2/c2*1-15-10-21(32)23-22(15)25(30-14-29-23)31-13-26(18-4-2-3-5-20(18)31)11-19(28-12-26)24(33)16-6-8-17(27)9-7-16/h2*2-9,14-15,19,21,24,28,32-33H,10-13H2,1H3/t15-,19+,21-,24+,26+;15-,19+,21-,24-,26+/m11/s1. The molecule has 2 aliphatic carbocycles. The van der Waals surface area contributed by atoms with Gasteiger partial charge in [0.2, 0.25) is 0 Å². The Morgan fingerprint density at radius 2 is 0.970 bits per heavy atom. The lowest BCUT2D eigenvalue weighted by atomic mass is 9.79. The lowest BCUT2D eigenvalue weighted by molar-refractivity contribution is 0.135. The van der Waals surface area contributed by atoms with Gasteiger partial charge in [-0.3, -0.25) is 0 Å². The molecular formula is C52H54Cl2N8O4. The normalized spacial score (nSPS) is 28.8. The minimum Gasteiger partial charge on any atom is -0.387 e. The molecule has 0 saturated carbocycles. The van der Waals surface area contributed by atoms with E-state index in [1.807, 2.05) is 48.5 Å². The molecule has 6 aromatic rings. The number of rotatable bonds is 6. The van der Waals surface area contributed by atoms with Crippen LogP contribution < -0.4 is 20.4 Å².